The van der Waals surface area contributed by atoms with Gasteiger partial charge in [0.2, 0.25) is 0 Å². The molecule has 3 aromatic carbocycles. The zero-order chi connectivity index (χ0) is 32.7. The van der Waals surface area contributed by atoms with E-state index in [2.05, 4.69) is 55.4 Å². The molecule has 0 aromatic heterocycles. The molecule has 0 aliphatic rings. The van der Waals surface area contributed by atoms with E-state index in [-0.39, 0.29) is 33.5 Å². The third-order valence-corrected chi connectivity index (χ3v) is 8.08. The molecule has 3 aromatic rings. The smallest absolute Gasteiger partial charge is 0.165 e. The van der Waals surface area contributed by atoms with Crippen LogP contribution in [0.1, 0.15) is 116 Å². The van der Waals surface area contributed by atoms with Gasteiger partial charge in [-0.2, -0.15) is 0 Å². The Morgan fingerprint density at radius 3 is 1.69 bits per heavy atom. The first kappa shape index (κ1) is 38.3. The molecule has 0 amide bonds. The van der Waals surface area contributed by atoms with Crippen molar-refractivity contribution < 1.29 is 41.1 Å². The Hall–Kier alpha value is -2.86. The number of aromatic hydroxyl groups is 1. The predicted molar refractivity (Wildman–Crippen MR) is 179 cm³/mol. The molecule has 0 aliphatic carbocycles. The monoisotopic (exact) mass is 668 g/mol. The van der Waals surface area contributed by atoms with E-state index in [0.29, 0.717) is 35.8 Å². The standard InChI is InChI=1S/C38H52FNO4.Cu/c1-10-12-21-43-33-19-17-28(36(4,5)6)23-30(33)38(42,26(3)40-25-27-15-14-16-32(39)35(27)41)31-24-29(37(7,8)9)18-20-34(31)44-22-13-11-2;/h14-20,23-26,41-42H,10-13,21-22H2,1-9H3;/t26-;/m1./s1. The van der Waals surface area contributed by atoms with Gasteiger partial charge in [-0.3, -0.25) is 4.99 Å². The van der Waals surface area contributed by atoms with Crippen LogP contribution >= 0.6 is 0 Å². The van der Waals surface area contributed by atoms with Gasteiger partial charge in [0.25, 0.3) is 0 Å². The van der Waals surface area contributed by atoms with Gasteiger partial charge in [0.05, 0.1) is 19.3 Å². The predicted octanol–water partition coefficient (Wildman–Crippen LogP) is 9.23. The molecule has 5 nitrogen and oxygen atoms in total. The van der Waals surface area contributed by atoms with Crippen LogP contribution in [0, 0.1) is 5.82 Å². The number of hydrogen-bond acceptors (Lipinski definition) is 5. The zero-order valence-corrected chi connectivity index (χ0v) is 29.4. The van der Waals surface area contributed by atoms with Crippen LogP contribution in [0.25, 0.3) is 0 Å². The van der Waals surface area contributed by atoms with E-state index in [0.717, 1.165) is 36.8 Å². The molecule has 0 unspecified atom stereocenters. The molecule has 0 bridgehead atoms. The molecule has 45 heavy (non-hydrogen) atoms. The van der Waals surface area contributed by atoms with Gasteiger partial charge in [-0.05, 0) is 78.1 Å². The number of aliphatic hydroxyl groups is 1. The van der Waals surface area contributed by atoms with Gasteiger partial charge in [-0.25, -0.2) is 4.39 Å². The maximum atomic E-state index is 14.2. The van der Waals surface area contributed by atoms with Crippen LogP contribution < -0.4 is 9.47 Å². The Morgan fingerprint density at radius 1 is 0.800 bits per heavy atom. The summed E-state index contributed by atoms with van der Waals surface area (Å²) < 4.78 is 26.9. The summed E-state index contributed by atoms with van der Waals surface area (Å²) in [7, 11) is 0. The first-order chi connectivity index (χ1) is 20.6. The maximum absolute atomic E-state index is 14.2. The number of benzene rings is 3. The van der Waals surface area contributed by atoms with Gasteiger partial charge < -0.3 is 19.7 Å². The second-order valence-electron chi connectivity index (χ2n) is 13.7. The first-order valence-electron chi connectivity index (χ1n) is 15.9. The number of halogens is 1. The van der Waals surface area contributed by atoms with E-state index < -0.39 is 23.2 Å². The summed E-state index contributed by atoms with van der Waals surface area (Å²) in [6.45, 7) is 19.9. The van der Waals surface area contributed by atoms with Crippen molar-refractivity contribution in [2.45, 2.75) is 110 Å². The van der Waals surface area contributed by atoms with E-state index in [9.17, 15) is 14.6 Å². The van der Waals surface area contributed by atoms with Crippen LogP contribution in [-0.4, -0.2) is 35.7 Å². The molecular weight excluding hydrogens is 617 g/mol. The average Bonchev–Trinajstić information content (AvgIpc) is 2.96. The van der Waals surface area contributed by atoms with Crippen molar-refractivity contribution in [1.82, 2.24) is 0 Å². The average molecular weight is 669 g/mol. The number of rotatable bonds is 13. The summed E-state index contributed by atoms with van der Waals surface area (Å²) in [6, 6.07) is 15.5. The fourth-order valence-corrected chi connectivity index (χ4v) is 5.02. The number of phenolic OH excluding ortho intramolecular Hbond substituents is 1. The van der Waals surface area contributed by atoms with Gasteiger partial charge in [-0.15, -0.1) is 0 Å². The number of hydrogen-bond donors (Lipinski definition) is 2. The summed E-state index contributed by atoms with van der Waals surface area (Å²) in [6.07, 6.45) is 5.11. The minimum atomic E-state index is -1.72. The van der Waals surface area contributed by atoms with Crippen LogP contribution in [0.15, 0.2) is 59.6 Å². The Morgan fingerprint density at radius 2 is 1.27 bits per heavy atom. The molecule has 0 aliphatic heterocycles. The van der Waals surface area contributed by atoms with Crippen LogP contribution in [-0.2, 0) is 33.5 Å². The van der Waals surface area contributed by atoms with Crippen molar-refractivity contribution >= 4 is 6.21 Å². The van der Waals surface area contributed by atoms with Gasteiger partial charge in [0, 0.05) is 40.0 Å². The number of unbranched alkanes of at least 4 members (excludes halogenated alkanes) is 2. The van der Waals surface area contributed by atoms with Gasteiger partial charge in [0.1, 0.15) is 17.1 Å². The third kappa shape index (κ3) is 9.34. The quantitative estimate of drug-likeness (QED) is 0.108. The van der Waals surface area contributed by atoms with E-state index in [1.165, 1.54) is 18.3 Å². The minimum absolute atomic E-state index is 0. The fraction of sp³-hybridized carbons (Fsp3) is 0.500. The van der Waals surface area contributed by atoms with E-state index in [1.807, 2.05) is 43.3 Å². The molecule has 0 spiro atoms. The number of aliphatic imine (C=N–C) groups is 1. The van der Waals surface area contributed by atoms with E-state index in [4.69, 9.17) is 14.5 Å². The van der Waals surface area contributed by atoms with Crippen LogP contribution in [0.2, 0.25) is 0 Å². The first-order valence-corrected chi connectivity index (χ1v) is 15.9. The molecule has 0 fully saturated rings. The number of nitrogens with zero attached hydrogens (tertiary/aromatic N) is 1. The molecule has 1 radical (unpaired) electrons. The Balaban J connectivity index is 0.00000705. The molecule has 3 rings (SSSR count). The summed E-state index contributed by atoms with van der Waals surface area (Å²) in [5.74, 6) is -0.0648. The third-order valence-electron chi connectivity index (χ3n) is 8.08. The van der Waals surface area contributed by atoms with Crippen molar-refractivity contribution in [1.29, 1.82) is 0 Å². The molecule has 7 heteroatoms. The topological polar surface area (TPSA) is 71.3 Å². The van der Waals surface area contributed by atoms with Crippen molar-refractivity contribution in [3.63, 3.8) is 0 Å². The van der Waals surface area contributed by atoms with Gasteiger partial charge >= 0.3 is 0 Å². The fourth-order valence-electron chi connectivity index (χ4n) is 5.02. The molecule has 2 N–H and O–H groups in total. The van der Waals surface area contributed by atoms with Crippen LogP contribution in [0.3, 0.4) is 0 Å². The largest absolute Gasteiger partial charge is 0.504 e. The zero-order valence-electron chi connectivity index (χ0n) is 28.4. The second-order valence-corrected chi connectivity index (χ2v) is 13.7. The Kier molecular flexibility index (Phi) is 13.7. The molecule has 0 heterocycles. The Labute approximate surface area is 280 Å². The molecular formula is C38H52CuFNO4. The summed E-state index contributed by atoms with van der Waals surface area (Å²) >= 11 is 0. The van der Waals surface area contributed by atoms with Gasteiger partial charge in [0.15, 0.2) is 11.6 Å². The van der Waals surface area contributed by atoms with Crippen molar-refractivity contribution in [3.05, 3.63) is 88.2 Å². The Bertz CT molecular complexity index is 1350. The van der Waals surface area contributed by atoms with E-state index in [1.54, 1.807) is 6.07 Å². The maximum Gasteiger partial charge on any atom is 0.165 e. The minimum Gasteiger partial charge on any atom is -0.504 e. The molecule has 251 valence electrons. The summed E-state index contributed by atoms with van der Waals surface area (Å²) in [5, 5.41) is 23.6. The number of phenols is 1. The number of ether oxygens (including phenoxy) is 2. The van der Waals surface area contributed by atoms with Crippen molar-refractivity contribution in [2.24, 2.45) is 4.99 Å². The van der Waals surface area contributed by atoms with Crippen molar-refractivity contribution in [3.8, 4) is 17.2 Å². The summed E-state index contributed by atoms with van der Waals surface area (Å²) in [5.41, 5.74) is 1.34. The normalized spacial score (nSPS) is 13.0. The van der Waals surface area contributed by atoms with Crippen LogP contribution in [0.4, 0.5) is 4.39 Å². The molecule has 1 atom stereocenters. The molecule has 0 saturated heterocycles. The van der Waals surface area contributed by atoms with Crippen molar-refractivity contribution in [2.75, 3.05) is 13.2 Å². The van der Waals surface area contributed by atoms with Gasteiger partial charge in [-0.1, -0.05) is 86.4 Å². The number of para-hydroxylation sites is 1. The molecule has 0 saturated carbocycles. The van der Waals surface area contributed by atoms with E-state index >= 15 is 0 Å². The second kappa shape index (κ2) is 16.1. The summed E-state index contributed by atoms with van der Waals surface area (Å²) in [4.78, 5) is 4.77. The SMILES string of the molecule is CCCCOc1ccc(C(C)(C)C)cc1C(O)(c1cc(C(C)(C)C)ccc1OCCCC)[C@@H](C)N=Cc1cccc(F)c1O.[Cu]. The van der Waals surface area contributed by atoms with Crippen LogP contribution in [0.5, 0.6) is 17.2 Å².